The predicted octanol–water partition coefficient (Wildman–Crippen LogP) is 2.21. The van der Waals surface area contributed by atoms with E-state index in [9.17, 15) is 9.59 Å². The Morgan fingerprint density at radius 1 is 1.21 bits per heavy atom. The summed E-state index contributed by atoms with van der Waals surface area (Å²) in [5, 5.41) is 2.81. The van der Waals surface area contributed by atoms with Crippen LogP contribution >= 0.6 is 0 Å². The van der Waals surface area contributed by atoms with E-state index in [0.717, 1.165) is 31.2 Å². The van der Waals surface area contributed by atoms with Gasteiger partial charge in [-0.25, -0.2) is 4.79 Å². The monoisotopic (exact) mass is 261 g/mol. The first-order chi connectivity index (χ1) is 9.22. The largest absolute Gasteiger partial charge is 0.467 e. The van der Waals surface area contributed by atoms with Gasteiger partial charge in [-0.2, -0.15) is 0 Å². The third kappa shape index (κ3) is 3.34. The Kier molecular flexibility index (Phi) is 4.55. The molecule has 0 aromatic heterocycles. The summed E-state index contributed by atoms with van der Waals surface area (Å²) in [5.74, 6) is -0.440. The molecule has 2 rings (SSSR count). The molecule has 0 heterocycles. The molecular weight excluding hydrogens is 242 g/mol. The molecule has 0 radical (unpaired) electrons. The highest BCUT2D eigenvalue weighted by molar-refractivity contribution is 5.86. The first-order valence-corrected chi connectivity index (χ1v) is 6.65. The fourth-order valence-corrected chi connectivity index (χ4v) is 2.49. The molecule has 1 aromatic rings. The molecule has 1 aliphatic rings. The normalized spacial score (nSPS) is 16.9. The zero-order valence-corrected chi connectivity index (χ0v) is 11.1. The van der Waals surface area contributed by atoms with E-state index >= 15 is 0 Å². The van der Waals surface area contributed by atoms with Crippen LogP contribution in [0.2, 0.25) is 0 Å². The van der Waals surface area contributed by atoms with Crippen molar-refractivity contribution in [2.45, 2.75) is 31.7 Å². The van der Waals surface area contributed by atoms with Crippen LogP contribution in [0.25, 0.3) is 0 Å². The summed E-state index contributed by atoms with van der Waals surface area (Å²) in [5.41, 5.74) is 0.751. The number of carbonyl (C=O) groups excluding carboxylic acids is 2. The van der Waals surface area contributed by atoms with E-state index in [2.05, 4.69) is 5.32 Å². The maximum absolute atomic E-state index is 12.1. The molecule has 1 amide bonds. The van der Waals surface area contributed by atoms with Crippen molar-refractivity contribution in [3.63, 3.8) is 0 Å². The Labute approximate surface area is 113 Å². The van der Waals surface area contributed by atoms with Gasteiger partial charge in [0.15, 0.2) is 6.04 Å². The van der Waals surface area contributed by atoms with Gasteiger partial charge in [0.2, 0.25) is 5.91 Å². The zero-order valence-electron chi connectivity index (χ0n) is 11.1. The molecule has 4 nitrogen and oxygen atoms in total. The lowest BCUT2D eigenvalue weighted by atomic mass is 10.0. The van der Waals surface area contributed by atoms with E-state index < -0.39 is 12.0 Å². The molecule has 0 bridgehead atoms. The molecule has 1 fully saturated rings. The number of carbonyl (C=O) groups is 2. The van der Waals surface area contributed by atoms with Crippen LogP contribution in [0.1, 0.15) is 37.3 Å². The van der Waals surface area contributed by atoms with Gasteiger partial charge in [0.05, 0.1) is 7.11 Å². The Bertz CT molecular complexity index is 438. The number of rotatable bonds is 4. The molecule has 19 heavy (non-hydrogen) atoms. The van der Waals surface area contributed by atoms with Crippen molar-refractivity contribution < 1.29 is 14.3 Å². The topological polar surface area (TPSA) is 55.4 Å². The molecule has 1 N–H and O–H groups in total. The minimum absolute atomic E-state index is 0.0378. The van der Waals surface area contributed by atoms with Gasteiger partial charge in [-0.15, -0.1) is 0 Å². The second kappa shape index (κ2) is 6.36. The molecule has 1 saturated carbocycles. The molecule has 0 unspecified atom stereocenters. The molecule has 1 aliphatic carbocycles. The highest BCUT2D eigenvalue weighted by Gasteiger charge is 2.28. The standard InChI is InChI=1S/C15H19NO3/c1-19-15(18)13(11-7-3-2-4-8-11)16-14(17)12-9-5-6-10-12/h2-4,7-8,12-13H,5-6,9-10H2,1H3,(H,16,17)/t13-/m1/s1. The van der Waals surface area contributed by atoms with E-state index in [1.54, 1.807) is 0 Å². The van der Waals surface area contributed by atoms with E-state index in [-0.39, 0.29) is 11.8 Å². The molecule has 0 spiro atoms. The SMILES string of the molecule is COC(=O)[C@H](NC(=O)C1CCCC1)c1ccccc1. The van der Waals surface area contributed by atoms with Crippen LogP contribution in [-0.2, 0) is 14.3 Å². The molecule has 0 saturated heterocycles. The van der Waals surface area contributed by atoms with Gasteiger partial charge >= 0.3 is 5.97 Å². The highest BCUT2D eigenvalue weighted by Crippen LogP contribution is 2.26. The molecule has 1 atom stereocenters. The Hall–Kier alpha value is -1.84. The maximum atomic E-state index is 12.1. The van der Waals surface area contributed by atoms with Crippen molar-refractivity contribution in [3.8, 4) is 0 Å². The second-order valence-corrected chi connectivity index (χ2v) is 4.86. The van der Waals surface area contributed by atoms with Crippen LogP contribution in [0, 0.1) is 5.92 Å². The highest BCUT2D eigenvalue weighted by atomic mass is 16.5. The number of ether oxygens (including phenoxy) is 1. The van der Waals surface area contributed by atoms with Crippen molar-refractivity contribution in [2.24, 2.45) is 5.92 Å². The predicted molar refractivity (Wildman–Crippen MR) is 71.3 cm³/mol. The van der Waals surface area contributed by atoms with E-state index in [4.69, 9.17) is 4.74 Å². The van der Waals surface area contributed by atoms with Gasteiger partial charge in [-0.3, -0.25) is 4.79 Å². The van der Waals surface area contributed by atoms with Crippen LogP contribution in [0.4, 0.5) is 0 Å². The van der Waals surface area contributed by atoms with Crippen molar-refractivity contribution in [3.05, 3.63) is 35.9 Å². The van der Waals surface area contributed by atoms with Crippen LogP contribution in [0.15, 0.2) is 30.3 Å². The molecular formula is C15H19NO3. The molecule has 1 aromatic carbocycles. The van der Waals surface area contributed by atoms with Crippen LogP contribution < -0.4 is 5.32 Å². The zero-order chi connectivity index (χ0) is 13.7. The Morgan fingerprint density at radius 2 is 1.84 bits per heavy atom. The maximum Gasteiger partial charge on any atom is 0.333 e. The fraction of sp³-hybridized carbons (Fsp3) is 0.467. The summed E-state index contributed by atoms with van der Waals surface area (Å²) < 4.78 is 4.78. The third-order valence-corrected chi connectivity index (χ3v) is 3.58. The van der Waals surface area contributed by atoms with Crippen LogP contribution in [-0.4, -0.2) is 19.0 Å². The summed E-state index contributed by atoms with van der Waals surface area (Å²) in [4.78, 5) is 24.0. The van der Waals surface area contributed by atoms with Crippen molar-refractivity contribution >= 4 is 11.9 Å². The van der Waals surface area contributed by atoms with Gasteiger partial charge in [0.25, 0.3) is 0 Å². The van der Waals surface area contributed by atoms with Crippen molar-refractivity contribution in [1.82, 2.24) is 5.32 Å². The van der Waals surface area contributed by atoms with Gasteiger partial charge < -0.3 is 10.1 Å². The smallest absolute Gasteiger partial charge is 0.333 e. The van der Waals surface area contributed by atoms with Gasteiger partial charge in [-0.05, 0) is 18.4 Å². The van der Waals surface area contributed by atoms with E-state index in [1.807, 2.05) is 30.3 Å². The summed E-state index contributed by atoms with van der Waals surface area (Å²) in [6.45, 7) is 0. The number of amides is 1. The third-order valence-electron chi connectivity index (χ3n) is 3.58. The quantitative estimate of drug-likeness (QED) is 0.845. The van der Waals surface area contributed by atoms with Crippen LogP contribution in [0.3, 0.4) is 0 Å². The summed E-state index contributed by atoms with van der Waals surface area (Å²) in [6, 6.07) is 8.48. The molecule has 0 aliphatic heterocycles. The number of methoxy groups -OCH3 is 1. The lowest BCUT2D eigenvalue weighted by molar-refractivity contribution is -0.145. The number of hydrogen-bond acceptors (Lipinski definition) is 3. The average Bonchev–Trinajstić information content (AvgIpc) is 2.99. The fourth-order valence-electron chi connectivity index (χ4n) is 2.49. The minimum atomic E-state index is -0.709. The van der Waals surface area contributed by atoms with E-state index in [1.165, 1.54) is 7.11 Å². The lowest BCUT2D eigenvalue weighted by Gasteiger charge is -2.19. The Morgan fingerprint density at radius 3 is 2.42 bits per heavy atom. The van der Waals surface area contributed by atoms with Crippen LogP contribution in [0.5, 0.6) is 0 Å². The van der Waals surface area contributed by atoms with Gasteiger partial charge in [0.1, 0.15) is 0 Å². The van der Waals surface area contributed by atoms with Crippen molar-refractivity contribution in [2.75, 3.05) is 7.11 Å². The van der Waals surface area contributed by atoms with Gasteiger partial charge in [0, 0.05) is 5.92 Å². The van der Waals surface area contributed by atoms with Gasteiger partial charge in [-0.1, -0.05) is 43.2 Å². The number of nitrogens with one attached hydrogen (secondary N) is 1. The number of benzene rings is 1. The molecule has 4 heteroatoms. The van der Waals surface area contributed by atoms with E-state index in [0.29, 0.717) is 0 Å². The summed E-state index contributed by atoms with van der Waals surface area (Å²) in [7, 11) is 1.33. The first-order valence-electron chi connectivity index (χ1n) is 6.65. The number of hydrogen-bond donors (Lipinski definition) is 1. The van der Waals surface area contributed by atoms with Crippen molar-refractivity contribution in [1.29, 1.82) is 0 Å². The first kappa shape index (κ1) is 13.6. The lowest BCUT2D eigenvalue weighted by Crippen LogP contribution is -2.37. The number of esters is 1. The summed E-state index contributed by atoms with van der Waals surface area (Å²) in [6.07, 6.45) is 4.00. The average molecular weight is 261 g/mol. The molecule has 102 valence electrons. The summed E-state index contributed by atoms with van der Waals surface area (Å²) >= 11 is 0. The minimum Gasteiger partial charge on any atom is -0.467 e. The Balaban J connectivity index is 2.10. The second-order valence-electron chi connectivity index (χ2n) is 4.86.